The van der Waals surface area contributed by atoms with Gasteiger partial charge in [0, 0.05) is 12.4 Å². The van der Waals surface area contributed by atoms with Crippen LogP contribution in [0.25, 0.3) is 0 Å². The van der Waals surface area contributed by atoms with Gasteiger partial charge in [-0.1, -0.05) is 19.9 Å². The Morgan fingerprint density at radius 3 is 2.75 bits per heavy atom. The van der Waals surface area contributed by atoms with Crippen LogP contribution in [-0.2, 0) is 12.8 Å². The number of nitrogens with zero attached hydrogens (tertiary/aromatic N) is 2. The fourth-order valence-corrected chi connectivity index (χ4v) is 2.43. The van der Waals surface area contributed by atoms with Crippen LogP contribution in [0.4, 0.5) is 5.82 Å². The Balaban J connectivity index is 2.26. The van der Waals surface area contributed by atoms with E-state index >= 15 is 0 Å². The average molecular weight is 270 g/mol. The van der Waals surface area contributed by atoms with Gasteiger partial charge in [-0.05, 0) is 48.7 Å². The van der Waals surface area contributed by atoms with Gasteiger partial charge in [-0.25, -0.2) is 4.98 Å². The summed E-state index contributed by atoms with van der Waals surface area (Å²) in [4.78, 5) is 8.62. The van der Waals surface area contributed by atoms with Crippen molar-refractivity contribution in [1.29, 1.82) is 0 Å². The first-order chi connectivity index (χ1) is 9.74. The summed E-state index contributed by atoms with van der Waals surface area (Å²) in [5, 5.41) is 3.52. The van der Waals surface area contributed by atoms with Gasteiger partial charge in [0.1, 0.15) is 5.82 Å². The Kier molecular flexibility index (Phi) is 5.07. The first-order valence-corrected chi connectivity index (χ1v) is 7.12. The van der Waals surface area contributed by atoms with Gasteiger partial charge in [-0.15, -0.1) is 0 Å². The van der Waals surface area contributed by atoms with Gasteiger partial charge >= 0.3 is 0 Å². The van der Waals surface area contributed by atoms with E-state index in [9.17, 15) is 0 Å². The highest BCUT2D eigenvalue weighted by atomic mass is 14.9. The minimum absolute atomic E-state index is 0.206. The summed E-state index contributed by atoms with van der Waals surface area (Å²) in [5.74, 6) is 0.564. The monoisotopic (exact) mass is 270 g/mol. The molecule has 0 bridgehead atoms. The third-order valence-electron chi connectivity index (χ3n) is 3.37. The van der Waals surface area contributed by atoms with Crippen molar-refractivity contribution in [3.8, 4) is 0 Å². The van der Waals surface area contributed by atoms with Crippen molar-refractivity contribution in [3.05, 3.63) is 53.5 Å². The molecule has 1 unspecified atom stereocenters. The minimum atomic E-state index is 0.206. The molecular weight excluding hydrogens is 248 g/mol. The van der Waals surface area contributed by atoms with Crippen molar-refractivity contribution in [3.63, 3.8) is 0 Å². The number of hydrogen-bond donors (Lipinski definition) is 2. The van der Waals surface area contributed by atoms with E-state index in [1.54, 1.807) is 6.20 Å². The lowest BCUT2D eigenvalue weighted by Gasteiger charge is -2.20. The molecule has 0 saturated heterocycles. The van der Waals surface area contributed by atoms with E-state index < -0.39 is 0 Å². The van der Waals surface area contributed by atoms with Crippen molar-refractivity contribution in [2.24, 2.45) is 0 Å². The second-order valence-corrected chi connectivity index (χ2v) is 4.80. The number of pyridine rings is 2. The van der Waals surface area contributed by atoms with E-state index in [1.165, 1.54) is 11.1 Å². The summed E-state index contributed by atoms with van der Waals surface area (Å²) in [7, 11) is 0. The zero-order valence-corrected chi connectivity index (χ0v) is 12.1. The molecule has 0 spiro atoms. The maximum absolute atomic E-state index is 5.76. The maximum atomic E-state index is 5.76. The molecule has 0 aliphatic rings. The van der Waals surface area contributed by atoms with Gasteiger partial charge in [0.05, 0.1) is 11.7 Å². The second kappa shape index (κ2) is 7.01. The van der Waals surface area contributed by atoms with Gasteiger partial charge < -0.3 is 11.1 Å². The fourth-order valence-electron chi connectivity index (χ4n) is 2.43. The highest BCUT2D eigenvalue weighted by Gasteiger charge is 2.15. The molecule has 0 amide bonds. The van der Waals surface area contributed by atoms with Crippen molar-refractivity contribution >= 4 is 5.82 Å². The molecule has 3 N–H and O–H groups in total. The predicted octanol–water partition coefficient (Wildman–Crippen LogP) is 2.51. The molecule has 4 nitrogen and oxygen atoms in total. The van der Waals surface area contributed by atoms with E-state index in [1.807, 2.05) is 24.4 Å². The fraction of sp³-hybridized carbons (Fsp3) is 0.375. The van der Waals surface area contributed by atoms with Crippen LogP contribution in [0, 0.1) is 0 Å². The molecule has 2 aromatic heterocycles. The van der Waals surface area contributed by atoms with Crippen LogP contribution in [0.15, 0.2) is 36.7 Å². The first kappa shape index (κ1) is 14.5. The predicted molar refractivity (Wildman–Crippen MR) is 82.4 cm³/mol. The molecule has 0 fully saturated rings. The standard InChI is InChI=1S/C16H22N4/c1-3-13-6-5-8-20-16(13)14(18-4-2)10-12-7-9-19-15(17)11-12/h5-9,11,14,18H,3-4,10H2,1-2H3,(H2,17,19). The summed E-state index contributed by atoms with van der Waals surface area (Å²) >= 11 is 0. The third kappa shape index (κ3) is 3.54. The Morgan fingerprint density at radius 1 is 1.20 bits per heavy atom. The molecule has 2 aromatic rings. The maximum Gasteiger partial charge on any atom is 0.123 e. The molecular formula is C16H22N4. The van der Waals surface area contributed by atoms with Crippen LogP contribution in [0.3, 0.4) is 0 Å². The van der Waals surface area contributed by atoms with Crippen LogP contribution in [0.2, 0.25) is 0 Å². The smallest absolute Gasteiger partial charge is 0.123 e. The number of aromatic nitrogens is 2. The number of nitrogen functional groups attached to an aromatic ring is 1. The van der Waals surface area contributed by atoms with E-state index in [0.717, 1.165) is 25.1 Å². The molecule has 20 heavy (non-hydrogen) atoms. The van der Waals surface area contributed by atoms with Gasteiger partial charge in [-0.3, -0.25) is 4.98 Å². The highest BCUT2D eigenvalue weighted by Crippen LogP contribution is 2.21. The van der Waals surface area contributed by atoms with Gasteiger partial charge in [0.15, 0.2) is 0 Å². The summed E-state index contributed by atoms with van der Waals surface area (Å²) < 4.78 is 0. The number of nitrogens with one attached hydrogen (secondary N) is 1. The van der Waals surface area contributed by atoms with Gasteiger partial charge in [0.2, 0.25) is 0 Å². The van der Waals surface area contributed by atoms with Gasteiger partial charge in [-0.2, -0.15) is 0 Å². The lowest BCUT2D eigenvalue weighted by molar-refractivity contribution is 0.532. The van der Waals surface area contributed by atoms with E-state index in [4.69, 9.17) is 5.73 Å². The quantitative estimate of drug-likeness (QED) is 0.846. The second-order valence-electron chi connectivity index (χ2n) is 4.80. The molecule has 0 aromatic carbocycles. The number of anilines is 1. The summed E-state index contributed by atoms with van der Waals surface area (Å²) in [6, 6.07) is 8.29. The van der Waals surface area contributed by atoms with Crippen LogP contribution in [-0.4, -0.2) is 16.5 Å². The van der Waals surface area contributed by atoms with Crippen molar-refractivity contribution in [1.82, 2.24) is 15.3 Å². The molecule has 2 rings (SSSR count). The molecule has 106 valence electrons. The average Bonchev–Trinajstić information content (AvgIpc) is 2.47. The lowest BCUT2D eigenvalue weighted by atomic mass is 9.98. The zero-order chi connectivity index (χ0) is 14.4. The minimum Gasteiger partial charge on any atom is -0.384 e. The molecule has 0 aliphatic heterocycles. The zero-order valence-electron chi connectivity index (χ0n) is 12.1. The lowest BCUT2D eigenvalue weighted by Crippen LogP contribution is -2.25. The molecule has 1 atom stereocenters. The SMILES string of the molecule is CCNC(Cc1ccnc(N)c1)c1ncccc1CC. The molecule has 0 aliphatic carbocycles. The van der Waals surface area contributed by atoms with E-state index in [-0.39, 0.29) is 6.04 Å². The molecule has 0 saturated carbocycles. The Hall–Kier alpha value is -1.94. The molecule has 4 heteroatoms. The summed E-state index contributed by atoms with van der Waals surface area (Å²) in [6.07, 6.45) is 5.47. The molecule has 0 radical (unpaired) electrons. The van der Waals surface area contributed by atoms with Crippen molar-refractivity contribution in [2.75, 3.05) is 12.3 Å². The molecule has 2 heterocycles. The number of likely N-dealkylation sites (N-methyl/N-ethyl adjacent to an activating group) is 1. The largest absolute Gasteiger partial charge is 0.384 e. The van der Waals surface area contributed by atoms with Gasteiger partial charge in [0.25, 0.3) is 0 Å². The Labute approximate surface area is 120 Å². The van der Waals surface area contributed by atoms with E-state index in [0.29, 0.717) is 5.82 Å². The Morgan fingerprint density at radius 2 is 2.05 bits per heavy atom. The normalized spacial score (nSPS) is 12.3. The Bertz CT molecular complexity index is 554. The van der Waals surface area contributed by atoms with Crippen LogP contribution in [0.5, 0.6) is 0 Å². The van der Waals surface area contributed by atoms with E-state index in [2.05, 4.69) is 35.2 Å². The van der Waals surface area contributed by atoms with Crippen LogP contribution in [0.1, 0.15) is 36.7 Å². The summed E-state index contributed by atoms with van der Waals surface area (Å²) in [5.41, 5.74) is 9.36. The highest BCUT2D eigenvalue weighted by molar-refractivity contribution is 5.33. The topological polar surface area (TPSA) is 63.8 Å². The number of nitrogens with two attached hydrogens (primary N) is 1. The number of aryl methyl sites for hydroxylation is 1. The van der Waals surface area contributed by atoms with Crippen LogP contribution >= 0.6 is 0 Å². The van der Waals surface area contributed by atoms with Crippen LogP contribution < -0.4 is 11.1 Å². The van der Waals surface area contributed by atoms with Crippen molar-refractivity contribution < 1.29 is 0 Å². The number of rotatable bonds is 6. The third-order valence-corrected chi connectivity index (χ3v) is 3.37. The number of hydrogen-bond acceptors (Lipinski definition) is 4. The van der Waals surface area contributed by atoms with Crippen molar-refractivity contribution in [2.45, 2.75) is 32.7 Å². The first-order valence-electron chi connectivity index (χ1n) is 7.12. The summed E-state index contributed by atoms with van der Waals surface area (Å²) in [6.45, 7) is 5.18.